The van der Waals surface area contributed by atoms with E-state index in [2.05, 4.69) is 31.4 Å². The number of rotatable bonds is 8. The highest BCUT2D eigenvalue weighted by molar-refractivity contribution is 5.97. The van der Waals surface area contributed by atoms with Crippen LogP contribution in [0.15, 0.2) is 42.5 Å². The van der Waals surface area contributed by atoms with Gasteiger partial charge in [-0.2, -0.15) is 0 Å². The van der Waals surface area contributed by atoms with Gasteiger partial charge < -0.3 is 24.8 Å². The van der Waals surface area contributed by atoms with Crippen LogP contribution in [0, 0.1) is 0 Å². The Balaban J connectivity index is 1.87. The number of methoxy groups -OCH3 is 2. The second-order valence-corrected chi connectivity index (χ2v) is 8.23. The molecule has 0 aliphatic heterocycles. The molecule has 2 aromatic rings. The van der Waals surface area contributed by atoms with Gasteiger partial charge >= 0.3 is 5.97 Å². The number of anilines is 1. The van der Waals surface area contributed by atoms with Gasteiger partial charge in [0.2, 0.25) is 0 Å². The Bertz CT molecular complexity index is 941. The van der Waals surface area contributed by atoms with Gasteiger partial charge in [0.05, 0.1) is 14.2 Å². The van der Waals surface area contributed by atoms with Crippen LogP contribution in [0.5, 0.6) is 11.5 Å². The molecule has 2 rings (SSSR count). The number of benzene rings is 2. The molecule has 8 heteroatoms. The fourth-order valence-corrected chi connectivity index (χ4v) is 2.78. The van der Waals surface area contributed by atoms with Crippen LogP contribution in [0.4, 0.5) is 5.69 Å². The Morgan fingerprint density at radius 3 is 2.00 bits per heavy atom. The van der Waals surface area contributed by atoms with Crippen molar-refractivity contribution in [2.75, 3.05) is 26.1 Å². The number of hydrogen-bond acceptors (Lipinski definition) is 6. The summed E-state index contributed by atoms with van der Waals surface area (Å²) in [4.78, 5) is 36.7. The lowest BCUT2D eigenvalue weighted by Crippen LogP contribution is -2.35. The summed E-state index contributed by atoms with van der Waals surface area (Å²) in [5.74, 6) is -0.823. The van der Waals surface area contributed by atoms with E-state index in [0.717, 1.165) is 5.56 Å². The topological polar surface area (TPSA) is 103 Å². The number of amides is 2. The smallest absolute Gasteiger partial charge is 0.326 e. The molecule has 0 aliphatic rings. The summed E-state index contributed by atoms with van der Waals surface area (Å²) in [6.45, 7) is 7.38. The van der Waals surface area contributed by atoms with Crippen molar-refractivity contribution in [2.24, 2.45) is 0 Å². The minimum absolute atomic E-state index is 0.00576. The summed E-state index contributed by atoms with van der Waals surface area (Å²) >= 11 is 0. The lowest BCUT2D eigenvalue weighted by Gasteiger charge is -2.19. The minimum Gasteiger partial charge on any atom is -0.497 e. The minimum atomic E-state index is -1.03. The van der Waals surface area contributed by atoms with E-state index >= 15 is 0 Å². The van der Waals surface area contributed by atoms with E-state index in [1.807, 2.05) is 12.1 Å². The fraction of sp³-hybridized carbons (Fsp3) is 0.375. The van der Waals surface area contributed by atoms with Crippen molar-refractivity contribution in [3.8, 4) is 11.5 Å². The first-order chi connectivity index (χ1) is 15.0. The number of carbonyl (C=O) groups excluding carboxylic acids is 3. The highest BCUT2D eigenvalue weighted by atomic mass is 16.5. The van der Waals surface area contributed by atoms with E-state index in [0.29, 0.717) is 17.2 Å². The molecule has 2 amide bonds. The van der Waals surface area contributed by atoms with Crippen molar-refractivity contribution < 1.29 is 28.6 Å². The average molecular weight is 443 g/mol. The Labute approximate surface area is 188 Å². The monoisotopic (exact) mass is 442 g/mol. The molecule has 2 aromatic carbocycles. The first-order valence-corrected chi connectivity index (χ1v) is 10.2. The molecule has 0 bridgehead atoms. The molecular formula is C24H30N2O6. The highest BCUT2D eigenvalue weighted by Gasteiger charge is 2.20. The standard InChI is InChI=1S/C24H30N2O6/c1-15(22(28)26-18-9-7-17(8-10-18)24(2,3)4)32-21(27)14-25-23(29)16-11-19(30-5)13-20(12-16)31-6/h7-13,15H,14H2,1-6H3,(H,25,29)(H,26,28). The molecule has 0 radical (unpaired) electrons. The predicted octanol–water partition coefficient (Wildman–Crippen LogP) is 3.30. The van der Waals surface area contributed by atoms with Crippen molar-refractivity contribution in [1.29, 1.82) is 0 Å². The molecule has 0 spiro atoms. The van der Waals surface area contributed by atoms with E-state index in [1.165, 1.54) is 33.3 Å². The molecule has 8 nitrogen and oxygen atoms in total. The van der Waals surface area contributed by atoms with Crippen molar-refractivity contribution >= 4 is 23.5 Å². The normalized spacial score (nSPS) is 11.8. The van der Waals surface area contributed by atoms with Crippen LogP contribution in [-0.2, 0) is 19.7 Å². The summed E-state index contributed by atoms with van der Waals surface area (Å²) in [5, 5.41) is 5.17. The number of ether oxygens (including phenoxy) is 3. The summed E-state index contributed by atoms with van der Waals surface area (Å²) in [5.41, 5.74) is 2.01. The van der Waals surface area contributed by atoms with Crippen molar-refractivity contribution in [3.63, 3.8) is 0 Å². The predicted molar refractivity (Wildman–Crippen MR) is 121 cm³/mol. The van der Waals surface area contributed by atoms with Crippen molar-refractivity contribution in [1.82, 2.24) is 5.32 Å². The number of nitrogens with one attached hydrogen (secondary N) is 2. The van der Waals surface area contributed by atoms with Gasteiger partial charge in [-0.1, -0.05) is 32.9 Å². The van der Waals surface area contributed by atoms with Gasteiger partial charge in [-0.3, -0.25) is 14.4 Å². The largest absolute Gasteiger partial charge is 0.497 e. The van der Waals surface area contributed by atoms with Crippen LogP contribution in [0.1, 0.15) is 43.6 Å². The molecular weight excluding hydrogens is 412 g/mol. The lowest BCUT2D eigenvalue weighted by atomic mass is 9.87. The van der Waals surface area contributed by atoms with E-state index in [1.54, 1.807) is 18.2 Å². The summed E-state index contributed by atoms with van der Waals surface area (Å²) in [6.07, 6.45) is -1.03. The first-order valence-electron chi connectivity index (χ1n) is 10.2. The zero-order valence-electron chi connectivity index (χ0n) is 19.3. The van der Waals surface area contributed by atoms with E-state index < -0.39 is 30.4 Å². The average Bonchev–Trinajstić information content (AvgIpc) is 2.76. The first kappa shape index (κ1) is 24.7. The lowest BCUT2D eigenvalue weighted by molar-refractivity contribution is -0.152. The van der Waals surface area contributed by atoms with Gasteiger partial charge in [-0.15, -0.1) is 0 Å². The zero-order valence-corrected chi connectivity index (χ0v) is 19.3. The number of hydrogen-bond donors (Lipinski definition) is 2. The Hall–Kier alpha value is -3.55. The molecule has 172 valence electrons. The van der Waals surface area contributed by atoms with Crippen LogP contribution >= 0.6 is 0 Å². The molecule has 0 aromatic heterocycles. The van der Waals surface area contributed by atoms with Crippen LogP contribution in [0.3, 0.4) is 0 Å². The summed E-state index contributed by atoms with van der Waals surface area (Å²) < 4.78 is 15.4. The highest BCUT2D eigenvalue weighted by Crippen LogP contribution is 2.24. The molecule has 0 aliphatic carbocycles. The maximum atomic E-state index is 12.3. The number of carbonyl (C=O) groups is 3. The molecule has 0 heterocycles. The third-order valence-electron chi connectivity index (χ3n) is 4.70. The third-order valence-corrected chi connectivity index (χ3v) is 4.70. The second kappa shape index (κ2) is 10.7. The molecule has 1 unspecified atom stereocenters. The SMILES string of the molecule is COc1cc(OC)cc(C(=O)NCC(=O)OC(C)C(=O)Nc2ccc(C(C)(C)C)cc2)c1. The Kier molecular flexibility index (Phi) is 8.23. The molecule has 32 heavy (non-hydrogen) atoms. The van der Waals surface area contributed by atoms with Gasteiger partial charge in [0.1, 0.15) is 18.0 Å². The van der Waals surface area contributed by atoms with Crippen LogP contribution in [0.2, 0.25) is 0 Å². The molecule has 1 atom stereocenters. The second-order valence-electron chi connectivity index (χ2n) is 8.23. The maximum absolute atomic E-state index is 12.3. The van der Waals surface area contributed by atoms with Crippen molar-refractivity contribution in [3.05, 3.63) is 53.6 Å². The third kappa shape index (κ3) is 7.01. The van der Waals surface area contributed by atoms with Crippen LogP contribution < -0.4 is 20.1 Å². The Morgan fingerprint density at radius 2 is 1.50 bits per heavy atom. The molecule has 0 fully saturated rings. The van der Waals surface area contributed by atoms with Gasteiger partial charge in [0, 0.05) is 17.3 Å². The van der Waals surface area contributed by atoms with Crippen LogP contribution in [0.25, 0.3) is 0 Å². The zero-order chi connectivity index (χ0) is 23.9. The van der Waals surface area contributed by atoms with Gasteiger partial charge in [-0.05, 0) is 42.2 Å². The summed E-state index contributed by atoms with van der Waals surface area (Å²) in [6, 6.07) is 12.1. The molecule has 0 saturated heterocycles. The molecule has 0 saturated carbocycles. The van der Waals surface area contributed by atoms with Gasteiger partial charge in [0.15, 0.2) is 6.10 Å². The quantitative estimate of drug-likeness (QED) is 0.608. The van der Waals surface area contributed by atoms with E-state index in [4.69, 9.17) is 14.2 Å². The van der Waals surface area contributed by atoms with Crippen molar-refractivity contribution in [2.45, 2.75) is 39.2 Å². The van der Waals surface area contributed by atoms with E-state index in [-0.39, 0.29) is 11.0 Å². The number of esters is 1. The maximum Gasteiger partial charge on any atom is 0.326 e. The van der Waals surface area contributed by atoms with E-state index in [9.17, 15) is 14.4 Å². The fourth-order valence-electron chi connectivity index (χ4n) is 2.78. The van der Waals surface area contributed by atoms with Crippen LogP contribution in [-0.4, -0.2) is 44.7 Å². The molecule has 2 N–H and O–H groups in total. The van der Waals surface area contributed by atoms with Gasteiger partial charge in [0.25, 0.3) is 11.8 Å². The van der Waals surface area contributed by atoms with Gasteiger partial charge in [-0.25, -0.2) is 0 Å². The Morgan fingerprint density at radius 1 is 0.938 bits per heavy atom. The summed E-state index contributed by atoms with van der Waals surface area (Å²) in [7, 11) is 2.94.